The molecule has 6 nitrogen and oxygen atoms in total. The molecule has 0 saturated heterocycles. The highest BCUT2D eigenvalue weighted by Gasteiger charge is 2.11. The van der Waals surface area contributed by atoms with Crippen LogP contribution in [0.1, 0.15) is 24.7 Å². The summed E-state index contributed by atoms with van der Waals surface area (Å²) in [4.78, 5) is 4.56. The third-order valence-electron chi connectivity index (χ3n) is 3.91. The van der Waals surface area contributed by atoms with Crippen molar-refractivity contribution in [2.24, 2.45) is 4.99 Å². The lowest BCUT2D eigenvalue weighted by Crippen LogP contribution is -2.38. The zero-order valence-corrected chi connectivity index (χ0v) is 15.7. The fourth-order valence-corrected chi connectivity index (χ4v) is 2.51. The molecule has 0 aliphatic heterocycles. The minimum absolute atomic E-state index is 0.265. The number of methoxy groups -OCH3 is 1. The van der Waals surface area contributed by atoms with Crippen LogP contribution in [-0.2, 0) is 16.0 Å². The van der Waals surface area contributed by atoms with Gasteiger partial charge in [-0.3, -0.25) is 0 Å². The standard InChI is InChI=1S/C19H28FN3O3/c1-4-21-19(22-8-5-9-25-11-10-24-3)23-13-18-14(2)16-12-15(20)6-7-17(16)26-18/h6-7,12H,4-5,8-11,13H2,1-3H3,(H2,21,22,23). The van der Waals surface area contributed by atoms with E-state index in [2.05, 4.69) is 15.6 Å². The van der Waals surface area contributed by atoms with Crippen LogP contribution in [0.15, 0.2) is 27.6 Å². The van der Waals surface area contributed by atoms with Gasteiger partial charge >= 0.3 is 0 Å². The van der Waals surface area contributed by atoms with Crippen molar-refractivity contribution in [2.45, 2.75) is 26.8 Å². The van der Waals surface area contributed by atoms with Crippen molar-refractivity contribution in [3.05, 3.63) is 35.3 Å². The number of nitrogens with one attached hydrogen (secondary N) is 2. The number of hydrogen-bond donors (Lipinski definition) is 2. The number of hydrogen-bond acceptors (Lipinski definition) is 4. The van der Waals surface area contributed by atoms with Crippen molar-refractivity contribution in [3.63, 3.8) is 0 Å². The Kier molecular flexibility index (Phi) is 8.37. The Morgan fingerprint density at radius 1 is 1.23 bits per heavy atom. The molecule has 2 rings (SSSR count). The second kappa shape index (κ2) is 10.8. The molecule has 0 amide bonds. The molecule has 26 heavy (non-hydrogen) atoms. The van der Waals surface area contributed by atoms with Gasteiger partial charge in [0.15, 0.2) is 5.96 Å². The molecule has 0 atom stereocenters. The number of benzene rings is 1. The van der Waals surface area contributed by atoms with E-state index in [-0.39, 0.29) is 5.82 Å². The van der Waals surface area contributed by atoms with E-state index in [0.717, 1.165) is 42.2 Å². The molecule has 2 aromatic rings. The Bertz CT molecular complexity index is 715. The molecule has 7 heteroatoms. The largest absolute Gasteiger partial charge is 0.459 e. The van der Waals surface area contributed by atoms with Crippen LogP contribution in [0, 0.1) is 12.7 Å². The van der Waals surface area contributed by atoms with Crippen molar-refractivity contribution in [1.29, 1.82) is 0 Å². The Hall–Kier alpha value is -2.12. The van der Waals surface area contributed by atoms with E-state index in [1.807, 2.05) is 13.8 Å². The van der Waals surface area contributed by atoms with Gasteiger partial charge in [-0.2, -0.15) is 0 Å². The van der Waals surface area contributed by atoms with Gasteiger partial charge in [0.05, 0.1) is 13.2 Å². The smallest absolute Gasteiger partial charge is 0.191 e. The van der Waals surface area contributed by atoms with Crippen LogP contribution in [0.25, 0.3) is 11.0 Å². The van der Waals surface area contributed by atoms with Crippen molar-refractivity contribution >= 4 is 16.9 Å². The number of rotatable bonds is 10. The second-order valence-corrected chi connectivity index (χ2v) is 5.87. The van der Waals surface area contributed by atoms with Gasteiger partial charge in [0.25, 0.3) is 0 Å². The molecule has 2 N–H and O–H groups in total. The number of guanidine groups is 1. The number of ether oxygens (including phenoxy) is 2. The first-order chi connectivity index (χ1) is 12.7. The molecule has 0 bridgehead atoms. The molecule has 0 fully saturated rings. The van der Waals surface area contributed by atoms with Gasteiger partial charge in [0.1, 0.15) is 23.7 Å². The summed E-state index contributed by atoms with van der Waals surface area (Å²) in [6.45, 7) is 7.73. The van der Waals surface area contributed by atoms with Gasteiger partial charge in [-0.05, 0) is 38.5 Å². The van der Waals surface area contributed by atoms with Crippen molar-refractivity contribution in [2.75, 3.05) is 40.0 Å². The molecule has 0 spiro atoms. The number of aliphatic imine (C=N–C) groups is 1. The third-order valence-corrected chi connectivity index (χ3v) is 3.91. The highest BCUT2D eigenvalue weighted by molar-refractivity contribution is 5.82. The summed E-state index contributed by atoms with van der Waals surface area (Å²) in [5.41, 5.74) is 1.60. The zero-order valence-electron chi connectivity index (χ0n) is 15.7. The van der Waals surface area contributed by atoms with E-state index in [9.17, 15) is 4.39 Å². The lowest BCUT2D eigenvalue weighted by Gasteiger charge is -2.11. The number of furan rings is 1. The average Bonchev–Trinajstić information content (AvgIpc) is 2.94. The van der Waals surface area contributed by atoms with Gasteiger partial charge in [-0.25, -0.2) is 9.38 Å². The van der Waals surface area contributed by atoms with E-state index in [1.165, 1.54) is 12.1 Å². The first-order valence-electron chi connectivity index (χ1n) is 8.92. The van der Waals surface area contributed by atoms with E-state index in [1.54, 1.807) is 13.2 Å². The SMILES string of the molecule is CCNC(=NCc1oc2ccc(F)cc2c1C)NCCCOCCOC. The van der Waals surface area contributed by atoms with E-state index >= 15 is 0 Å². The number of nitrogens with zero attached hydrogens (tertiary/aromatic N) is 1. The predicted molar refractivity (Wildman–Crippen MR) is 101 cm³/mol. The van der Waals surface area contributed by atoms with Gasteiger partial charge in [-0.15, -0.1) is 0 Å². The first-order valence-corrected chi connectivity index (χ1v) is 8.92. The van der Waals surface area contributed by atoms with Crippen LogP contribution in [0.2, 0.25) is 0 Å². The fourth-order valence-electron chi connectivity index (χ4n) is 2.51. The van der Waals surface area contributed by atoms with Crippen LogP contribution in [0.5, 0.6) is 0 Å². The molecule has 1 heterocycles. The maximum absolute atomic E-state index is 13.4. The molecule has 0 saturated carbocycles. The number of aryl methyl sites for hydroxylation is 1. The van der Waals surface area contributed by atoms with Gasteiger partial charge in [-0.1, -0.05) is 0 Å². The maximum atomic E-state index is 13.4. The molecular formula is C19H28FN3O3. The maximum Gasteiger partial charge on any atom is 0.191 e. The van der Waals surface area contributed by atoms with E-state index < -0.39 is 0 Å². The van der Waals surface area contributed by atoms with Crippen LogP contribution in [0.3, 0.4) is 0 Å². The van der Waals surface area contributed by atoms with Gasteiger partial charge in [0.2, 0.25) is 0 Å². The second-order valence-electron chi connectivity index (χ2n) is 5.87. The monoisotopic (exact) mass is 365 g/mol. The molecule has 0 aliphatic rings. The quantitative estimate of drug-likeness (QED) is 0.385. The van der Waals surface area contributed by atoms with E-state index in [4.69, 9.17) is 13.9 Å². The van der Waals surface area contributed by atoms with Crippen molar-refractivity contribution in [3.8, 4) is 0 Å². The van der Waals surface area contributed by atoms with Crippen LogP contribution in [-0.4, -0.2) is 46.0 Å². The predicted octanol–water partition coefficient (Wildman–Crippen LogP) is 2.99. The number of halogens is 1. The normalized spacial score (nSPS) is 11.9. The van der Waals surface area contributed by atoms with Crippen LogP contribution >= 0.6 is 0 Å². The van der Waals surface area contributed by atoms with Crippen LogP contribution in [0.4, 0.5) is 4.39 Å². The molecule has 0 unspecified atom stereocenters. The topological polar surface area (TPSA) is 68.0 Å². The zero-order chi connectivity index (χ0) is 18.8. The minimum Gasteiger partial charge on any atom is -0.459 e. The molecule has 0 radical (unpaired) electrons. The highest BCUT2D eigenvalue weighted by Crippen LogP contribution is 2.26. The summed E-state index contributed by atoms with van der Waals surface area (Å²) in [6.07, 6.45) is 0.872. The summed E-state index contributed by atoms with van der Waals surface area (Å²) in [5.74, 6) is 1.19. The molecular weight excluding hydrogens is 337 g/mol. The van der Waals surface area contributed by atoms with Crippen molar-refractivity contribution in [1.82, 2.24) is 10.6 Å². The van der Waals surface area contributed by atoms with Crippen LogP contribution < -0.4 is 10.6 Å². The minimum atomic E-state index is -0.265. The summed E-state index contributed by atoms with van der Waals surface area (Å²) in [7, 11) is 1.66. The van der Waals surface area contributed by atoms with E-state index in [0.29, 0.717) is 31.9 Å². The lowest BCUT2D eigenvalue weighted by atomic mass is 10.1. The summed E-state index contributed by atoms with van der Waals surface area (Å²) >= 11 is 0. The average molecular weight is 365 g/mol. The lowest BCUT2D eigenvalue weighted by molar-refractivity contribution is 0.0698. The Morgan fingerprint density at radius 3 is 2.85 bits per heavy atom. The van der Waals surface area contributed by atoms with Gasteiger partial charge in [0, 0.05) is 37.8 Å². The highest BCUT2D eigenvalue weighted by atomic mass is 19.1. The summed E-state index contributed by atoms with van der Waals surface area (Å²) < 4.78 is 29.6. The Morgan fingerprint density at radius 2 is 2.08 bits per heavy atom. The van der Waals surface area contributed by atoms with Gasteiger partial charge < -0.3 is 24.5 Å². The molecule has 1 aromatic heterocycles. The first kappa shape index (κ1) is 20.2. The summed E-state index contributed by atoms with van der Waals surface area (Å²) in [6, 6.07) is 4.55. The molecule has 0 aliphatic carbocycles. The third kappa shape index (κ3) is 6.00. The molecule has 144 valence electrons. The Balaban J connectivity index is 1.89. The molecule has 1 aromatic carbocycles. The number of fused-ring (bicyclic) bond motifs is 1. The Labute approximate surface area is 153 Å². The van der Waals surface area contributed by atoms with Crippen molar-refractivity contribution < 1.29 is 18.3 Å². The summed E-state index contributed by atoms with van der Waals surface area (Å²) in [5, 5.41) is 7.27. The fraction of sp³-hybridized carbons (Fsp3) is 0.526.